The second kappa shape index (κ2) is 7.70. The van der Waals surface area contributed by atoms with Crippen LogP contribution < -0.4 is 11.3 Å². The molecule has 3 N–H and O–H groups in total. The summed E-state index contributed by atoms with van der Waals surface area (Å²) in [4.78, 5) is 12.1. The monoisotopic (exact) mass is 258 g/mol. The third kappa shape index (κ3) is 4.15. The van der Waals surface area contributed by atoms with Crippen molar-refractivity contribution in [3.63, 3.8) is 0 Å². The number of carbonyl (C=O) groups excluding carboxylic acids is 1. The van der Waals surface area contributed by atoms with Gasteiger partial charge in [0.15, 0.2) is 0 Å². The van der Waals surface area contributed by atoms with E-state index >= 15 is 0 Å². The number of unbranched alkanes of at least 4 members (excludes halogenated alkanes) is 2. The summed E-state index contributed by atoms with van der Waals surface area (Å²) in [5.41, 5.74) is 3.27. The lowest BCUT2D eigenvalue weighted by Crippen LogP contribution is -2.29. The van der Waals surface area contributed by atoms with Crippen molar-refractivity contribution in [2.24, 2.45) is 5.84 Å². The molecule has 1 aromatic heterocycles. The summed E-state index contributed by atoms with van der Waals surface area (Å²) in [5.74, 6) is 7.00. The van der Waals surface area contributed by atoms with Crippen molar-refractivity contribution in [1.29, 1.82) is 0 Å². The van der Waals surface area contributed by atoms with E-state index in [0.717, 1.165) is 21.9 Å². The Morgan fingerprint density at radius 1 is 1.56 bits per heavy atom. The number of thiophene rings is 1. The van der Waals surface area contributed by atoms with E-state index in [1.165, 1.54) is 30.6 Å². The van der Waals surface area contributed by atoms with Crippen LogP contribution in [0.25, 0.3) is 0 Å². The van der Waals surface area contributed by atoms with Crippen LogP contribution in [0, 0.1) is 0 Å². The van der Waals surface area contributed by atoms with Gasteiger partial charge in [0.25, 0.3) is 5.91 Å². The quantitative estimate of drug-likeness (QED) is 0.342. The molecule has 1 heterocycles. The number of amides is 1. The fourth-order valence-electron chi connectivity index (χ4n) is 1.35. The van der Waals surface area contributed by atoms with Gasteiger partial charge in [-0.2, -0.15) is 11.8 Å². The Labute approximate surface area is 105 Å². The molecule has 1 aromatic rings. The molecule has 0 aliphatic rings. The molecular formula is C11H18N2OS2. The number of thioether (sulfide) groups is 1. The average molecular weight is 258 g/mol. The largest absolute Gasteiger partial charge is 0.289 e. The molecule has 0 bridgehead atoms. The van der Waals surface area contributed by atoms with Crippen molar-refractivity contribution in [2.75, 3.05) is 5.75 Å². The number of nitrogens with two attached hydrogens (primary N) is 1. The molecule has 1 amide bonds. The first kappa shape index (κ1) is 13.5. The van der Waals surface area contributed by atoms with Crippen LogP contribution in [-0.2, 0) is 5.75 Å². The minimum Gasteiger partial charge on any atom is -0.289 e. The van der Waals surface area contributed by atoms with E-state index in [1.807, 2.05) is 23.2 Å². The molecule has 5 heteroatoms. The van der Waals surface area contributed by atoms with E-state index in [0.29, 0.717) is 0 Å². The van der Waals surface area contributed by atoms with Gasteiger partial charge in [-0.3, -0.25) is 10.2 Å². The molecular weight excluding hydrogens is 240 g/mol. The Hall–Kier alpha value is -0.520. The van der Waals surface area contributed by atoms with E-state index in [9.17, 15) is 4.79 Å². The first-order valence-electron chi connectivity index (χ1n) is 5.44. The summed E-state index contributed by atoms with van der Waals surface area (Å²) in [6.45, 7) is 2.20. The Morgan fingerprint density at radius 3 is 3.06 bits per heavy atom. The van der Waals surface area contributed by atoms with Crippen molar-refractivity contribution >= 4 is 29.0 Å². The number of hydrogen-bond acceptors (Lipinski definition) is 4. The predicted octanol–water partition coefficient (Wildman–Crippen LogP) is 2.78. The average Bonchev–Trinajstić information content (AvgIpc) is 2.76. The van der Waals surface area contributed by atoms with Gasteiger partial charge in [-0.15, -0.1) is 11.3 Å². The fraction of sp³-hybridized carbons (Fsp3) is 0.545. The van der Waals surface area contributed by atoms with Gasteiger partial charge in [-0.25, -0.2) is 5.84 Å². The Morgan fingerprint density at radius 2 is 2.38 bits per heavy atom. The van der Waals surface area contributed by atoms with Crippen LogP contribution in [0.15, 0.2) is 11.4 Å². The molecule has 0 unspecified atom stereocenters. The highest BCUT2D eigenvalue weighted by Gasteiger charge is 2.11. The van der Waals surface area contributed by atoms with Gasteiger partial charge < -0.3 is 0 Å². The molecule has 0 fully saturated rings. The predicted molar refractivity (Wildman–Crippen MR) is 71.7 cm³/mol. The molecule has 16 heavy (non-hydrogen) atoms. The van der Waals surface area contributed by atoms with E-state index in [1.54, 1.807) is 0 Å². The second-order valence-corrected chi connectivity index (χ2v) is 5.53. The number of carbonyl (C=O) groups is 1. The molecule has 0 aliphatic carbocycles. The fourth-order valence-corrected chi connectivity index (χ4v) is 3.28. The minimum atomic E-state index is -0.181. The number of rotatable bonds is 7. The van der Waals surface area contributed by atoms with Crippen molar-refractivity contribution < 1.29 is 4.79 Å². The van der Waals surface area contributed by atoms with Gasteiger partial charge in [0, 0.05) is 5.75 Å². The topological polar surface area (TPSA) is 55.1 Å². The van der Waals surface area contributed by atoms with E-state index in [4.69, 9.17) is 5.84 Å². The maximum absolute atomic E-state index is 11.4. The Kier molecular flexibility index (Phi) is 6.52. The SMILES string of the molecule is CCCCCSCc1ccsc1C(=O)NN. The van der Waals surface area contributed by atoms with Crippen molar-refractivity contribution in [3.05, 3.63) is 21.9 Å². The Balaban J connectivity index is 2.36. The normalized spacial score (nSPS) is 10.4. The zero-order valence-corrected chi connectivity index (χ0v) is 11.1. The molecule has 90 valence electrons. The lowest BCUT2D eigenvalue weighted by molar-refractivity contribution is 0.0957. The zero-order valence-electron chi connectivity index (χ0n) is 9.49. The highest BCUT2D eigenvalue weighted by Crippen LogP contribution is 2.22. The van der Waals surface area contributed by atoms with Crippen LogP contribution in [0.4, 0.5) is 0 Å². The lowest BCUT2D eigenvalue weighted by atomic mass is 10.3. The van der Waals surface area contributed by atoms with E-state index in [-0.39, 0.29) is 5.91 Å². The highest BCUT2D eigenvalue weighted by atomic mass is 32.2. The van der Waals surface area contributed by atoms with Crippen molar-refractivity contribution in [2.45, 2.75) is 31.9 Å². The van der Waals surface area contributed by atoms with Gasteiger partial charge >= 0.3 is 0 Å². The van der Waals surface area contributed by atoms with Crippen LogP contribution in [0.1, 0.15) is 41.4 Å². The summed E-state index contributed by atoms with van der Waals surface area (Å²) in [6.07, 6.45) is 3.79. The summed E-state index contributed by atoms with van der Waals surface area (Å²) in [5, 5.41) is 1.94. The van der Waals surface area contributed by atoms with Crippen LogP contribution in [0.5, 0.6) is 0 Å². The number of hydrogen-bond donors (Lipinski definition) is 2. The molecule has 0 atom stereocenters. The molecule has 0 radical (unpaired) electrons. The number of nitrogens with one attached hydrogen (secondary N) is 1. The van der Waals surface area contributed by atoms with Crippen molar-refractivity contribution in [3.8, 4) is 0 Å². The van der Waals surface area contributed by atoms with Crippen molar-refractivity contribution in [1.82, 2.24) is 5.43 Å². The van der Waals surface area contributed by atoms with Crippen LogP contribution in [-0.4, -0.2) is 11.7 Å². The summed E-state index contributed by atoms with van der Waals surface area (Å²) >= 11 is 3.32. The first-order chi connectivity index (χ1) is 7.79. The minimum absolute atomic E-state index is 0.181. The Bertz CT molecular complexity index is 326. The summed E-state index contributed by atoms with van der Waals surface area (Å²) in [7, 11) is 0. The molecule has 0 aliphatic heterocycles. The number of hydrazine groups is 1. The summed E-state index contributed by atoms with van der Waals surface area (Å²) in [6, 6.07) is 2.00. The van der Waals surface area contributed by atoms with E-state index in [2.05, 4.69) is 12.3 Å². The lowest BCUT2D eigenvalue weighted by Gasteiger charge is -2.02. The highest BCUT2D eigenvalue weighted by molar-refractivity contribution is 7.98. The van der Waals surface area contributed by atoms with Gasteiger partial charge in [-0.1, -0.05) is 19.8 Å². The molecule has 0 saturated heterocycles. The standard InChI is InChI=1S/C11H18N2OS2/c1-2-3-4-6-15-8-9-5-7-16-10(9)11(14)13-12/h5,7H,2-4,6,8,12H2,1H3,(H,13,14). The maximum Gasteiger partial charge on any atom is 0.275 e. The van der Waals surface area contributed by atoms with Gasteiger partial charge in [0.1, 0.15) is 0 Å². The van der Waals surface area contributed by atoms with Gasteiger partial charge in [0.05, 0.1) is 4.88 Å². The van der Waals surface area contributed by atoms with Gasteiger partial charge in [0.2, 0.25) is 0 Å². The number of nitrogen functional groups attached to an aromatic ring is 1. The van der Waals surface area contributed by atoms with Crippen LogP contribution in [0.3, 0.4) is 0 Å². The van der Waals surface area contributed by atoms with Crippen LogP contribution in [0.2, 0.25) is 0 Å². The van der Waals surface area contributed by atoms with E-state index < -0.39 is 0 Å². The van der Waals surface area contributed by atoms with Gasteiger partial charge in [-0.05, 0) is 29.2 Å². The smallest absolute Gasteiger partial charge is 0.275 e. The summed E-state index contributed by atoms with van der Waals surface area (Å²) < 4.78 is 0. The third-order valence-corrected chi connectivity index (χ3v) is 4.28. The maximum atomic E-state index is 11.4. The molecule has 0 saturated carbocycles. The molecule has 1 rings (SSSR count). The second-order valence-electron chi connectivity index (χ2n) is 3.51. The zero-order chi connectivity index (χ0) is 11.8. The molecule has 0 spiro atoms. The third-order valence-electron chi connectivity index (χ3n) is 2.23. The molecule has 3 nitrogen and oxygen atoms in total. The first-order valence-corrected chi connectivity index (χ1v) is 7.48. The molecule has 0 aromatic carbocycles. The van der Waals surface area contributed by atoms with Crippen LogP contribution >= 0.6 is 23.1 Å².